The summed E-state index contributed by atoms with van der Waals surface area (Å²) in [5.74, 6) is 0.863. The molecule has 1 N–H and O–H groups in total. The average molecular weight is 269 g/mol. The molecule has 3 rings (SSSR count). The van der Waals surface area contributed by atoms with Crippen molar-refractivity contribution in [3.63, 3.8) is 0 Å². The molecule has 1 aliphatic rings. The number of hydrogen-bond donors (Lipinski definition) is 1. The van der Waals surface area contributed by atoms with E-state index in [0.29, 0.717) is 21.7 Å². The third-order valence-electron chi connectivity index (χ3n) is 2.66. The Labute approximate surface area is 105 Å². The van der Waals surface area contributed by atoms with E-state index in [9.17, 15) is 4.55 Å². The fourth-order valence-electron chi connectivity index (χ4n) is 1.70. The van der Waals surface area contributed by atoms with Crippen molar-refractivity contribution in [3.8, 4) is 0 Å². The quantitative estimate of drug-likeness (QED) is 0.846. The van der Waals surface area contributed by atoms with Gasteiger partial charge < -0.3 is 9.66 Å². The second-order valence-corrected chi connectivity index (χ2v) is 6.60. The predicted molar refractivity (Wildman–Crippen MR) is 65.4 cm³/mol. The molecule has 1 unspecified atom stereocenters. The van der Waals surface area contributed by atoms with Gasteiger partial charge in [-0.2, -0.15) is 4.98 Å². The van der Waals surface area contributed by atoms with Crippen LogP contribution in [-0.2, 0) is 17.8 Å². The Balaban J connectivity index is 2.21. The number of hydrogen-bond acceptors (Lipinski definition) is 6. The maximum absolute atomic E-state index is 11.4. The van der Waals surface area contributed by atoms with Gasteiger partial charge in [0.15, 0.2) is 11.5 Å². The highest BCUT2D eigenvalue weighted by Gasteiger charge is 2.30. The maximum atomic E-state index is 11.4. The first kappa shape index (κ1) is 11.3. The van der Waals surface area contributed by atoms with Crippen LogP contribution in [0.3, 0.4) is 0 Å². The zero-order chi connectivity index (χ0) is 12.0. The van der Waals surface area contributed by atoms with E-state index < -0.39 is 11.2 Å². The van der Waals surface area contributed by atoms with Crippen LogP contribution in [0.1, 0.15) is 30.3 Å². The first-order chi connectivity index (χ1) is 8.19. The molecule has 5 nitrogen and oxygen atoms in total. The van der Waals surface area contributed by atoms with E-state index in [1.54, 1.807) is 6.26 Å². The van der Waals surface area contributed by atoms with Crippen molar-refractivity contribution >= 4 is 32.9 Å². The minimum Gasteiger partial charge on any atom is -0.610 e. The largest absolute Gasteiger partial charge is 0.610 e. The number of fused-ring (bicyclic) bond motifs is 1. The van der Waals surface area contributed by atoms with Gasteiger partial charge in [0.2, 0.25) is 0 Å². The Bertz CT molecular complexity index is 566. The lowest BCUT2D eigenvalue weighted by Crippen LogP contribution is -1.99. The summed E-state index contributed by atoms with van der Waals surface area (Å²) < 4.78 is 12.9. The van der Waals surface area contributed by atoms with Crippen LogP contribution in [0.4, 0.5) is 0 Å². The second-order valence-electron chi connectivity index (χ2n) is 4.04. The molecule has 0 saturated heterocycles. The normalized spacial score (nSPS) is 17.6. The van der Waals surface area contributed by atoms with Crippen molar-refractivity contribution in [3.05, 3.63) is 11.5 Å². The molecule has 0 amide bonds. The van der Waals surface area contributed by atoms with Crippen LogP contribution in [0.15, 0.2) is 4.34 Å². The van der Waals surface area contributed by atoms with Crippen LogP contribution in [0.25, 0.3) is 10.3 Å². The standard InChI is InChI=1S/C10H11N3O2S2/c1-17(15)10-13-9-8(16-10)7(5-2-3-5)11-6(4-14)12-9/h5,14H,2-4H2,1H3. The monoisotopic (exact) mass is 269 g/mol. The van der Waals surface area contributed by atoms with Gasteiger partial charge in [-0.05, 0) is 12.8 Å². The molecule has 0 spiro atoms. The summed E-state index contributed by atoms with van der Waals surface area (Å²) in [6, 6.07) is 0. The minimum atomic E-state index is -1.09. The molecule has 0 aliphatic heterocycles. The van der Waals surface area contributed by atoms with Crippen LogP contribution in [0, 0.1) is 0 Å². The summed E-state index contributed by atoms with van der Waals surface area (Å²) in [5, 5.41) is 9.13. The molecule has 2 aromatic heterocycles. The van der Waals surface area contributed by atoms with E-state index in [4.69, 9.17) is 5.11 Å². The Morgan fingerprint density at radius 3 is 2.76 bits per heavy atom. The molecule has 2 aromatic rings. The summed E-state index contributed by atoms with van der Waals surface area (Å²) in [7, 11) is 0. The molecule has 1 saturated carbocycles. The van der Waals surface area contributed by atoms with Crippen molar-refractivity contribution in [2.24, 2.45) is 0 Å². The van der Waals surface area contributed by atoms with E-state index in [2.05, 4.69) is 15.0 Å². The molecule has 7 heteroatoms. The van der Waals surface area contributed by atoms with Gasteiger partial charge in [-0.15, -0.1) is 0 Å². The summed E-state index contributed by atoms with van der Waals surface area (Å²) in [6.45, 7) is -0.183. The lowest BCUT2D eigenvalue weighted by Gasteiger charge is -2.00. The fourth-order valence-corrected chi connectivity index (χ4v) is 3.44. The Morgan fingerprint density at radius 1 is 1.41 bits per heavy atom. The number of nitrogens with zero attached hydrogens (tertiary/aromatic N) is 3. The molecule has 17 heavy (non-hydrogen) atoms. The number of thiazole rings is 1. The summed E-state index contributed by atoms with van der Waals surface area (Å²) in [4.78, 5) is 12.8. The summed E-state index contributed by atoms with van der Waals surface area (Å²) in [6.07, 6.45) is 3.85. The zero-order valence-electron chi connectivity index (χ0n) is 9.21. The van der Waals surface area contributed by atoms with E-state index in [-0.39, 0.29) is 6.61 Å². The lowest BCUT2D eigenvalue weighted by molar-refractivity contribution is 0.271. The van der Waals surface area contributed by atoms with Crippen molar-refractivity contribution in [2.75, 3.05) is 6.26 Å². The average Bonchev–Trinajstić information content (AvgIpc) is 3.06. The minimum absolute atomic E-state index is 0.183. The van der Waals surface area contributed by atoms with Crippen molar-refractivity contribution < 1.29 is 9.66 Å². The molecule has 1 aliphatic carbocycles. The highest BCUT2D eigenvalue weighted by atomic mass is 32.2. The van der Waals surface area contributed by atoms with Crippen LogP contribution in [0.5, 0.6) is 0 Å². The molecule has 0 bridgehead atoms. The van der Waals surface area contributed by atoms with Crippen LogP contribution in [-0.4, -0.2) is 30.9 Å². The molecular formula is C10H11N3O2S2. The van der Waals surface area contributed by atoms with Gasteiger partial charge in [-0.3, -0.25) is 0 Å². The van der Waals surface area contributed by atoms with E-state index in [0.717, 1.165) is 23.2 Å². The molecule has 2 heterocycles. The highest BCUT2D eigenvalue weighted by molar-refractivity contribution is 7.92. The Kier molecular flexibility index (Phi) is 2.78. The first-order valence-corrected chi connectivity index (χ1v) is 7.68. The van der Waals surface area contributed by atoms with Gasteiger partial charge in [0.25, 0.3) is 0 Å². The maximum Gasteiger partial charge on any atom is 0.303 e. The predicted octanol–water partition coefficient (Wildman–Crippen LogP) is 1.19. The fraction of sp³-hybridized carbons (Fsp3) is 0.500. The second kappa shape index (κ2) is 4.16. The van der Waals surface area contributed by atoms with E-state index in [1.807, 2.05) is 0 Å². The lowest BCUT2D eigenvalue weighted by atomic mass is 10.3. The molecule has 0 radical (unpaired) electrons. The van der Waals surface area contributed by atoms with Crippen LogP contribution in [0.2, 0.25) is 0 Å². The Hall–Kier alpha value is -0.760. The topological polar surface area (TPSA) is 82.0 Å². The smallest absolute Gasteiger partial charge is 0.303 e. The number of aromatic nitrogens is 3. The molecule has 1 atom stereocenters. The number of aliphatic hydroxyl groups is 1. The van der Waals surface area contributed by atoms with Gasteiger partial charge in [0, 0.05) is 17.1 Å². The zero-order valence-corrected chi connectivity index (χ0v) is 10.8. The third kappa shape index (κ3) is 2.03. The van der Waals surface area contributed by atoms with Gasteiger partial charge in [-0.25, -0.2) is 9.97 Å². The van der Waals surface area contributed by atoms with Crippen molar-refractivity contribution in [2.45, 2.75) is 29.7 Å². The van der Waals surface area contributed by atoms with Crippen molar-refractivity contribution in [1.29, 1.82) is 0 Å². The van der Waals surface area contributed by atoms with Gasteiger partial charge in [-0.1, -0.05) is 11.3 Å². The van der Waals surface area contributed by atoms with Crippen LogP contribution < -0.4 is 0 Å². The van der Waals surface area contributed by atoms with Crippen molar-refractivity contribution in [1.82, 2.24) is 15.0 Å². The number of rotatable bonds is 3. The van der Waals surface area contributed by atoms with Gasteiger partial charge in [0.1, 0.15) is 17.6 Å². The third-order valence-corrected chi connectivity index (χ3v) is 5.06. The Morgan fingerprint density at radius 2 is 2.18 bits per heavy atom. The molecule has 0 aromatic carbocycles. The SMILES string of the molecule is C[S+]([O-])c1nc2nc(CO)nc(C3CC3)c2s1. The molecule has 1 fully saturated rings. The van der Waals surface area contributed by atoms with Gasteiger partial charge >= 0.3 is 4.34 Å². The van der Waals surface area contributed by atoms with Gasteiger partial charge in [0.05, 0.1) is 5.69 Å². The summed E-state index contributed by atoms with van der Waals surface area (Å²) in [5.41, 5.74) is 1.54. The summed E-state index contributed by atoms with van der Waals surface area (Å²) >= 11 is 0.307. The molecule has 90 valence electrons. The van der Waals surface area contributed by atoms with E-state index in [1.165, 1.54) is 11.3 Å². The molecular weight excluding hydrogens is 258 g/mol. The highest BCUT2D eigenvalue weighted by Crippen LogP contribution is 2.43. The van der Waals surface area contributed by atoms with Crippen LogP contribution >= 0.6 is 11.3 Å². The first-order valence-electron chi connectivity index (χ1n) is 5.30. The van der Waals surface area contributed by atoms with E-state index >= 15 is 0 Å². The number of aliphatic hydroxyl groups excluding tert-OH is 1.